The first-order chi connectivity index (χ1) is 7.82. The number of ether oxygens (including phenoxy) is 2. The number of esters is 2. The fraction of sp³-hybridized carbons (Fsp3) is 0.833. The molecular formula is C12H22O5. The third kappa shape index (κ3) is 3.43. The van der Waals surface area contributed by atoms with Gasteiger partial charge in [0, 0.05) is 5.92 Å². The molecule has 0 bridgehead atoms. The van der Waals surface area contributed by atoms with Gasteiger partial charge in [-0.2, -0.15) is 0 Å². The van der Waals surface area contributed by atoms with Gasteiger partial charge in [-0.25, -0.2) is 0 Å². The van der Waals surface area contributed by atoms with Gasteiger partial charge in [-0.1, -0.05) is 6.92 Å². The van der Waals surface area contributed by atoms with E-state index in [2.05, 4.69) is 0 Å². The lowest BCUT2D eigenvalue weighted by atomic mass is 9.75. The quantitative estimate of drug-likeness (QED) is 0.562. The Kier molecular flexibility index (Phi) is 6.16. The van der Waals surface area contributed by atoms with Crippen molar-refractivity contribution >= 4 is 11.9 Å². The second-order valence-corrected chi connectivity index (χ2v) is 4.17. The van der Waals surface area contributed by atoms with Crippen molar-refractivity contribution in [3.05, 3.63) is 0 Å². The van der Waals surface area contributed by atoms with E-state index in [1.165, 1.54) is 13.8 Å². The number of hydrogen-bond donors (Lipinski definition) is 1. The van der Waals surface area contributed by atoms with Gasteiger partial charge in [-0.3, -0.25) is 9.59 Å². The zero-order valence-corrected chi connectivity index (χ0v) is 11.1. The zero-order valence-electron chi connectivity index (χ0n) is 11.1. The van der Waals surface area contributed by atoms with E-state index in [4.69, 9.17) is 9.47 Å². The van der Waals surface area contributed by atoms with Crippen molar-refractivity contribution in [1.29, 1.82) is 0 Å². The fourth-order valence-corrected chi connectivity index (χ4v) is 1.50. The number of carbonyl (C=O) groups is 2. The Hall–Kier alpha value is -1.10. The zero-order chi connectivity index (χ0) is 13.6. The van der Waals surface area contributed by atoms with Crippen LogP contribution in [0.4, 0.5) is 0 Å². The summed E-state index contributed by atoms with van der Waals surface area (Å²) >= 11 is 0. The van der Waals surface area contributed by atoms with Crippen molar-refractivity contribution < 1.29 is 24.2 Å². The van der Waals surface area contributed by atoms with Gasteiger partial charge in [0.05, 0.1) is 19.3 Å². The molecule has 5 nitrogen and oxygen atoms in total. The lowest BCUT2D eigenvalue weighted by Crippen LogP contribution is -2.47. The smallest absolute Gasteiger partial charge is 0.323 e. The van der Waals surface area contributed by atoms with Crippen LogP contribution in [0.5, 0.6) is 0 Å². The van der Waals surface area contributed by atoms with Gasteiger partial charge < -0.3 is 14.6 Å². The van der Waals surface area contributed by atoms with Gasteiger partial charge in [-0.15, -0.1) is 0 Å². The van der Waals surface area contributed by atoms with Crippen LogP contribution in [0.25, 0.3) is 0 Å². The van der Waals surface area contributed by atoms with Gasteiger partial charge in [0.2, 0.25) is 0 Å². The van der Waals surface area contributed by atoms with Crippen molar-refractivity contribution in [2.75, 3.05) is 13.2 Å². The molecule has 0 aliphatic carbocycles. The van der Waals surface area contributed by atoms with Gasteiger partial charge in [0.25, 0.3) is 0 Å². The Morgan fingerprint density at radius 1 is 1.12 bits per heavy atom. The number of carbonyl (C=O) groups excluding carboxylic acids is 2. The summed E-state index contributed by atoms with van der Waals surface area (Å²) < 4.78 is 9.79. The molecule has 0 spiro atoms. The maximum atomic E-state index is 11.9. The van der Waals surface area contributed by atoms with Crippen molar-refractivity contribution in [3.8, 4) is 0 Å². The molecule has 0 radical (unpaired) electrons. The highest BCUT2D eigenvalue weighted by atomic mass is 16.6. The Morgan fingerprint density at radius 2 is 1.47 bits per heavy atom. The molecule has 0 aromatic carbocycles. The van der Waals surface area contributed by atoms with Crippen LogP contribution in [0.3, 0.4) is 0 Å². The highest BCUT2D eigenvalue weighted by Crippen LogP contribution is 2.33. The molecule has 0 aromatic rings. The second-order valence-electron chi connectivity index (χ2n) is 4.17. The minimum absolute atomic E-state index is 0.181. The number of rotatable bonds is 6. The van der Waals surface area contributed by atoms with Crippen LogP contribution >= 0.6 is 0 Å². The Morgan fingerprint density at radius 3 is 1.71 bits per heavy atom. The summed E-state index contributed by atoms with van der Waals surface area (Å²) in [6.45, 7) is 8.29. The van der Waals surface area contributed by atoms with Crippen LogP contribution in [0, 0.1) is 11.3 Å². The summed E-state index contributed by atoms with van der Waals surface area (Å²) in [5.41, 5.74) is -1.47. The molecule has 0 saturated carbocycles. The summed E-state index contributed by atoms with van der Waals surface area (Å²) in [6.07, 6.45) is -0.811. The average Bonchev–Trinajstić information content (AvgIpc) is 2.27. The molecule has 100 valence electrons. The predicted octanol–water partition coefficient (Wildman–Crippen LogP) is 1.14. The highest BCUT2D eigenvalue weighted by molar-refractivity contribution is 6.00. The van der Waals surface area contributed by atoms with Crippen molar-refractivity contribution in [3.63, 3.8) is 0 Å². The van der Waals surface area contributed by atoms with Crippen LogP contribution in [0.2, 0.25) is 0 Å². The summed E-state index contributed by atoms with van der Waals surface area (Å²) in [5.74, 6) is -1.90. The van der Waals surface area contributed by atoms with Crippen molar-refractivity contribution in [2.45, 2.75) is 40.7 Å². The molecule has 0 aromatic heterocycles. The molecule has 0 heterocycles. The molecular weight excluding hydrogens is 224 g/mol. The van der Waals surface area contributed by atoms with E-state index in [0.29, 0.717) is 0 Å². The predicted molar refractivity (Wildman–Crippen MR) is 62.2 cm³/mol. The summed E-state index contributed by atoms with van der Waals surface area (Å²) in [4.78, 5) is 23.8. The monoisotopic (exact) mass is 246 g/mol. The first-order valence-electron chi connectivity index (χ1n) is 5.84. The largest absolute Gasteiger partial charge is 0.465 e. The van der Waals surface area contributed by atoms with Crippen molar-refractivity contribution in [2.24, 2.45) is 11.3 Å². The van der Waals surface area contributed by atoms with E-state index >= 15 is 0 Å². The first kappa shape index (κ1) is 15.9. The Labute approximate surface area is 102 Å². The van der Waals surface area contributed by atoms with E-state index in [9.17, 15) is 14.7 Å². The molecule has 1 N–H and O–H groups in total. The fourth-order valence-electron chi connectivity index (χ4n) is 1.50. The number of aliphatic hydroxyl groups excluding tert-OH is 1. The van der Waals surface area contributed by atoms with Crippen LogP contribution in [-0.2, 0) is 19.1 Å². The maximum Gasteiger partial charge on any atom is 0.323 e. The summed E-state index contributed by atoms with van der Waals surface area (Å²) in [6, 6.07) is 0. The minimum atomic E-state index is -1.47. The van der Waals surface area contributed by atoms with E-state index in [1.807, 2.05) is 0 Å². The average molecular weight is 246 g/mol. The molecule has 2 atom stereocenters. The second kappa shape index (κ2) is 6.59. The number of hydrogen-bond acceptors (Lipinski definition) is 5. The molecule has 0 saturated heterocycles. The third-order valence-electron chi connectivity index (χ3n) is 3.03. The lowest BCUT2D eigenvalue weighted by Gasteiger charge is -2.32. The molecule has 0 rings (SSSR count). The molecule has 2 unspecified atom stereocenters. The highest BCUT2D eigenvalue weighted by Gasteiger charge is 2.50. The molecule has 5 heteroatoms. The Bertz CT molecular complexity index is 254. The number of aliphatic hydroxyl groups is 1. The molecule has 0 amide bonds. The normalized spacial score (nSPS) is 14.9. The Balaban J connectivity index is 5.19. The van der Waals surface area contributed by atoms with E-state index in [1.54, 1.807) is 20.8 Å². The van der Waals surface area contributed by atoms with Crippen LogP contribution in [-0.4, -0.2) is 36.4 Å². The van der Waals surface area contributed by atoms with Gasteiger partial charge in [-0.05, 0) is 27.7 Å². The van der Waals surface area contributed by atoms with Gasteiger partial charge >= 0.3 is 11.9 Å². The van der Waals surface area contributed by atoms with E-state index < -0.39 is 29.4 Å². The summed E-state index contributed by atoms with van der Waals surface area (Å²) in [5, 5.41) is 9.58. The first-order valence-corrected chi connectivity index (χ1v) is 5.84. The topological polar surface area (TPSA) is 72.8 Å². The van der Waals surface area contributed by atoms with E-state index in [-0.39, 0.29) is 13.2 Å². The maximum absolute atomic E-state index is 11.9. The molecule has 0 aliphatic rings. The third-order valence-corrected chi connectivity index (χ3v) is 3.03. The van der Waals surface area contributed by atoms with Gasteiger partial charge in [0.15, 0.2) is 5.41 Å². The van der Waals surface area contributed by atoms with E-state index in [0.717, 1.165) is 0 Å². The van der Waals surface area contributed by atoms with Crippen molar-refractivity contribution in [1.82, 2.24) is 0 Å². The molecule has 17 heavy (non-hydrogen) atoms. The SMILES string of the molecule is CCOC(=O)C(C)(C(=O)OCC)C(C)C(C)O. The van der Waals surface area contributed by atoms with Crippen LogP contribution < -0.4 is 0 Å². The summed E-state index contributed by atoms with van der Waals surface area (Å²) in [7, 11) is 0. The lowest BCUT2D eigenvalue weighted by molar-refractivity contribution is -0.177. The standard InChI is InChI=1S/C12H22O5/c1-6-16-10(14)12(5,8(3)9(4)13)11(15)17-7-2/h8-9,13H,6-7H2,1-5H3. The van der Waals surface area contributed by atoms with Crippen LogP contribution in [0.1, 0.15) is 34.6 Å². The van der Waals surface area contributed by atoms with Crippen LogP contribution in [0.15, 0.2) is 0 Å². The molecule has 0 aliphatic heterocycles. The minimum Gasteiger partial charge on any atom is -0.465 e. The van der Waals surface area contributed by atoms with Gasteiger partial charge in [0.1, 0.15) is 0 Å². The molecule has 0 fully saturated rings.